The van der Waals surface area contributed by atoms with Gasteiger partial charge in [-0.1, -0.05) is 0 Å². The highest BCUT2D eigenvalue weighted by atomic mass is 32.1. The van der Waals surface area contributed by atoms with Gasteiger partial charge < -0.3 is 10.6 Å². The van der Waals surface area contributed by atoms with Gasteiger partial charge in [-0.3, -0.25) is 4.98 Å². The molecule has 0 aliphatic rings. The summed E-state index contributed by atoms with van der Waals surface area (Å²) in [4.78, 5) is 10.9. The number of rotatable bonds is 4. The standard InChI is InChI=1S/C12H16N4S/c1-9-15-10(8-17-9)7-16(2)12-4-3-5-14-11(12)6-13/h3-5,8H,6-7,13H2,1-2H3. The molecular weight excluding hydrogens is 232 g/mol. The molecule has 2 rings (SSSR count). The number of thiazole rings is 1. The predicted molar refractivity (Wildman–Crippen MR) is 71.1 cm³/mol. The minimum atomic E-state index is 0.455. The lowest BCUT2D eigenvalue weighted by atomic mass is 10.2. The lowest BCUT2D eigenvalue weighted by Gasteiger charge is -2.20. The Labute approximate surface area is 105 Å². The Morgan fingerprint density at radius 2 is 2.29 bits per heavy atom. The first-order valence-corrected chi connectivity index (χ1v) is 6.34. The molecule has 2 aromatic heterocycles. The maximum atomic E-state index is 5.68. The second-order valence-electron chi connectivity index (χ2n) is 3.89. The van der Waals surface area contributed by atoms with Gasteiger partial charge in [0.25, 0.3) is 0 Å². The van der Waals surface area contributed by atoms with E-state index in [0.29, 0.717) is 6.54 Å². The van der Waals surface area contributed by atoms with Crippen molar-refractivity contribution in [2.75, 3.05) is 11.9 Å². The normalized spacial score (nSPS) is 10.5. The van der Waals surface area contributed by atoms with E-state index < -0.39 is 0 Å². The van der Waals surface area contributed by atoms with Crippen molar-refractivity contribution in [3.05, 3.63) is 40.1 Å². The molecule has 0 bridgehead atoms. The Kier molecular flexibility index (Phi) is 3.71. The first kappa shape index (κ1) is 12.0. The molecule has 90 valence electrons. The maximum Gasteiger partial charge on any atom is 0.0898 e. The molecule has 0 atom stereocenters. The van der Waals surface area contributed by atoms with Crippen LogP contribution in [0.4, 0.5) is 5.69 Å². The Morgan fingerprint density at radius 1 is 1.47 bits per heavy atom. The van der Waals surface area contributed by atoms with Crippen molar-refractivity contribution in [3.63, 3.8) is 0 Å². The van der Waals surface area contributed by atoms with Crippen molar-refractivity contribution in [3.8, 4) is 0 Å². The summed E-state index contributed by atoms with van der Waals surface area (Å²) in [5, 5.41) is 3.18. The van der Waals surface area contributed by atoms with Crippen LogP contribution in [0.3, 0.4) is 0 Å². The minimum Gasteiger partial charge on any atom is -0.367 e. The summed E-state index contributed by atoms with van der Waals surface area (Å²) in [5.41, 5.74) is 8.76. The lowest BCUT2D eigenvalue weighted by molar-refractivity contribution is 0.862. The molecule has 0 aliphatic carbocycles. The number of hydrogen-bond donors (Lipinski definition) is 1. The van der Waals surface area contributed by atoms with Crippen LogP contribution in [0.1, 0.15) is 16.4 Å². The predicted octanol–water partition coefficient (Wildman–Crippen LogP) is 1.94. The maximum absolute atomic E-state index is 5.68. The molecule has 2 aromatic rings. The highest BCUT2D eigenvalue weighted by molar-refractivity contribution is 7.09. The first-order valence-electron chi connectivity index (χ1n) is 5.47. The van der Waals surface area contributed by atoms with Gasteiger partial charge >= 0.3 is 0 Å². The Hall–Kier alpha value is -1.46. The van der Waals surface area contributed by atoms with Crippen molar-refractivity contribution < 1.29 is 0 Å². The van der Waals surface area contributed by atoms with Crippen LogP contribution in [0.5, 0.6) is 0 Å². The molecular formula is C12H16N4S. The molecule has 2 N–H and O–H groups in total. The smallest absolute Gasteiger partial charge is 0.0898 e. The summed E-state index contributed by atoms with van der Waals surface area (Å²) in [6.07, 6.45) is 1.77. The van der Waals surface area contributed by atoms with Crippen molar-refractivity contribution in [1.29, 1.82) is 0 Å². The van der Waals surface area contributed by atoms with Gasteiger partial charge in [-0.05, 0) is 19.1 Å². The topological polar surface area (TPSA) is 55.0 Å². The van der Waals surface area contributed by atoms with Crippen molar-refractivity contribution in [1.82, 2.24) is 9.97 Å². The third-order valence-electron chi connectivity index (χ3n) is 2.54. The molecule has 0 saturated carbocycles. The van der Waals surface area contributed by atoms with Gasteiger partial charge in [0.1, 0.15) is 0 Å². The summed E-state index contributed by atoms with van der Waals surface area (Å²) in [5.74, 6) is 0. The summed E-state index contributed by atoms with van der Waals surface area (Å²) in [6.45, 7) is 3.25. The molecule has 0 saturated heterocycles. The average molecular weight is 248 g/mol. The van der Waals surface area contributed by atoms with Crippen LogP contribution >= 0.6 is 11.3 Å². The van der Waals surface area contributed by atoms with Crippen molar-refractivity contribution in [2.45, 2.75) is 20.0 Å². The monoisotopic (exact) mass is 248 g/mol. The van der Waals surface area contributed by atoms with Crippen LogP contribution in [-0.2, 0) is 13.1 Å². The first-order chi connectivity index (χ1) is 8.20. The molecule has 0 amide bonds. The molecule has 2 heterocycles. The van der Waals surface area contributed by atoms with Gasteiger partial charge in [-0.25, -0.2) is 4.98 Å². The van der Waals surface area contributed by atoms with E-state index in [9.17, 15) is 0 Å². The van der Waals surface area contributed by atoms with Gasteiger partial charge in [0.05, 0.1) is 28.6 Å². The van der Waals surface area contributed by atoms with E-state index in [2.05, 4.69) is 20.2 Å². The second-order valence-corrected chi connectivity index (χ2v) is 4.95. The van der Waals surface area contributed by atoms with E-state index in [4.69, 9.17) is 5.73 Å². The van der Waals surface area contributed by atoms with Crippen LogP contribution in [0, 0.1) is 6.92 Å². The molecule has 0 unspecified atom stereocenters. The van der Waals surface area contributed by atoms with Crippen LogP contribution in [0.15, 0.2) is 23.7 Å². The zero-order chi connectivity index (χ0) is 12.3. The van der Waals surface area contributed by atoms with E-state index in [-0.39, 0.29) is 0 Å². The number of hydrogen-bond acceptors (Lipinski definition) is 5. The average Bonchev–Trinajstić information content (AvgIpc) is 2.74. The van der Waals surface area contributed by atoms with Crippen LogP contribution < -0.4 is 10.6 Å². The second kappa shape index (κ2) is 5.25. The zero-order valence-corrected chi connectivity index (χ0v) is 10.9. The molecule has 5 heteroatoms. The third-order valence-corrected chi connectivity index (χ3v) is 3.36. The molecule has 4 nitrogen and oxygen atoms in total. The van der Waals surface area contributed by atoms with Gasteiger partial charge in [-0.2, -0.15) is 0 Å². The van der Waals surface area contributed by atoms with Crippen molar-refractivity contribution >= 4 is 17.0 Å². The number of aromatic nitrogens is 2. The van der Waals surface area contributed by atoms with E-state index in [1.165, 1.54) is 0 Å². The van der Waals surface area contributed by atoms with Gasteiger partial charge in [0.2, 0.25) is 0 Å². The largest absolute Gasteiger partial charge is 0.367 e. The van der Waals surface area contributed by atoms with E-state index in [1.807, 2.05) is 26.1 Å². The fraction of sp³-hybridized carbons (Fsp3) is 0.333. The molecule has 0 radical (unpaired) electrons. The SMILES string of the molecule is Cc1nc(CN(C)c2cccnc2CN)cs1. The number of anilines is 1. The van der Waals surface area contributed by atoms with Crippen LogP contribution in [0.25, 0.3) is 0 Å². The highest BCUT2D eigenvalue weighted by Crippen LogP contribution is 2.19. The highest BCUT2D eigenvalue weighted by Gasteiger charge is 2.08. The minimum absolute atomic E-state index is 0.455. The Balaban J connectivity index is 2.16. The third kappa shape index (κ3) is 2.81. The summed E-state index contributed by atoms with van der Waals surface area (Å²) in [6, 6.07) is 3.96. The van der Waals surface area contributed by atoms with Crippen LogP contribution in [0.2, 0.25) is 0 Å². The molecule has 0 fully saturated rings. The van der Waals surface area contributed by atoms with Gasteiger partial charge in [0.15, 0.2) is 0 Å². The molecule has 17 heavy (non-hydrogen) atoms. The number of nitrogens with zero attached hydrogens (tertiary/aromatic N) is 3. The summed E-state index contributed by atoms with van der Waals surface area (Å²) in [7, 11) is 2.03. The molecule has 0 aromatic carbocycles. The van der Waals surface area contributed by atoms with E-state index in [0.717, 1.165) is 28.6 Å². The zero-order valence-electron chi connectivity index (χ0n) is 10.1. The summed E-state index contributed by atoms with van der Waals surface area (Å²) < 4.78 is 0. The quantitative estimate of drug-likeness (QED) is 0.898. The summed E-state index contributed by atoms with van der Waals surface area (Å²) >= 11 is 1.67. The van der Waals surface area contributed by atoms with Gasteiger partial charge in [0, 0.05) is 25.2 Å². The Bertz CT molecular complexity index is 495. The van der Waals surface area contributed by atoms with Crippen molar-refractivity contribution in [2.24, 2.45) is 5.73 Å². The number of pyridine rings is 1. The fourth-order valence-electron chi connectivity index (χ4n) is 1.74. The molecule has 0 spiro atoms. The number of nitrogens with two attached hydrogens (primary N) is 1. The number of aryl methyl sites for hydroxylation is 1. The van der Waals surface area contributed by atoms with E-state index in [1.54, 1.807) is 17.5 Å². The fourth-order valence-corrected chi connectivity index (χ4v) is 2.35. The lowest BCUT2D eigenvalue weighted by Crippen LogP contribution is -2.19. The van der Waals surface area contributed by atoms with Crippen LogP contribution in [-0.4, -0.2) is 17.0 Å². The molecule has 0 aliphatic heterocycles. The van der Waals surface area contributed by atoms with E-state index >= 15 is 0 Å². The Morgan fingerprint density at radius 3 is 2.94 bits per heavy atom. The van der Waals surface area contributed by atoms with Gasteiger partial charge in [-0.15, -0.1) is 11.3 Å².